The van der Waals surface area contributed by atoms with E-state index in [1.807, 2.05) is 0 Å². The van der Waals surface area contributed by atoms with E-state index in [0.29, 0.717) is 5.92 Å². The van der Waals surface area contributed by atoms with Crippen molar-refractivity contribution in [2.45, 2.75) is 32.1 Å². The fraction of sp³-hybridized carbons (Fsp3) is 0.909. The Labute approximate surface area is 84.1 Å². The quantitative estimate of drug-likeness (QED) is 0.474. The summed E-state index contributed by atoms with van der Waals surface area (Å²) in [6.07, 6.45) is 6.00. The van der Waals surface area contributed by atoms with Crippen molar-refractivity contribution >= 4 is 5.71 Å². The van der Waals surface area contributed by atoms with Crippen LogP contribution in [-0.4, -0.2) is 24.1 Å². The Bertz CT molecular complexity index is 268. The Morgan fingerprint density at radius 1 is 1.29 bits per heavy atom. The zero-order valence-electron chi connectivity index (χ0n) is 8.41. The first kappa shape index (κ1) is 8.72. The molecule has 3 nitrogen and oxygen atoms in total. The summed E-state index contributed by atoms with van der Waals surface area (Å²) in [6, 6.07) is 0. The van der Waals surface area contributed by atoms with Crippen LogP contribution in [0.3, 0.4) is 0 Å². The molecule has 1 saturated heterocycles. The third-order valence-electron chi connectivity index (χ3n) is 4.60. The van der Waals surface area contributed by atoms with Gasteiger partial charge in [-0.15, -0.1) is 0 Å². The minimum Gasteiger partial charge on any atom is -0.411 e. The molecular formula is C11H17NO2. The molecular weight excluding hydrogens is 178 g/mol. The SMILES string of the molecule is O/N=C1/[C@@H]2CC[C@@H](C2)C12CCOCC2. The van der Waals surface area contributed by atoms with Crippen LogP contribution >= 0.6 is 0 Å². The molecule has 0 aromatic heterocycles. The molecule has 14 heavy (non-hydrogen) atoms. The number of oxime groups is 1. The highest BCUT2D eigenvalue weighted by molar-refractivity contribution is 5.95. The molecule has 0 aromatic carbocycles. The lowest BCUT2D eigenvalue weighted by Gasteiger charge is -2.40. The third-order valence-corrected chi connectivity index (χ3v) is 4.60. The van der Waals surface area contributed by atoms with Crippen LogP contribution < -0.4 is 0 Å². The van der Waals surface area contributed by atoms with Gasteiger partial charge in [0, 0.05) is 24.5 Å². The third kappa shape index (κ3) is 0.937. The molecule has 0 unspecified atom stereocenters. The van der Waals surface area contributed by atoms with Gasteiger partial charge in [-0.2, -0.15) is 0 Å². The Balaban J connectivity index is 1.96. The number of ether oxygens (including phenoxy) is 1. The lowest BCUT2D eigenvalue weighted by atomic mass is 9.67. The summed E-state index contributed by atoms with van der Waals surface area (Å²) in [5.41, 5.74) is 1.34. The van der Waals surface area contributed by atoms with E-state index in [4.69, 9.17) is 9.94 Å². The lowest BCUT2D eigenvalue weighted by Crippen LogP contribution is -2.41. The second-order valence-corrected chi connectivity index (χ2v) is 4.96. The van der Waals surface area contributed by atoms with Crippen molar-refractivity contribution in [2.75, 3.05) is 13.2 Å². The highest BCUT2D eigenvalue weighted by atomic mass is 16.5. The van der Waals surface area contributed by atoms with Gasteiger partial charge in [0.05, 0.1) is 5.71 Å². The minimum absolute atomic E-state index is 0.232. The Morgan fingerprint density at radius 2 is 2.07 bits per heavy atom. The molecule has 78 valence electrons. The highest BCUT2D eigenvalue weighted by Crippen LogP contribution is 2.58. The summed E-state index contributed by atoms with van der Waals surface area (Å²) in [5, 5.41) is 12.8. The van der Waals surface area contributed by atoms with E-state index in [9.17, 15) is 0 Å². The van der Waals surface area contributed by atoms with Gasteiger partial charge in [0.25, 0.3) is 0 Å². The highest BCUT2D eigenvalue weighted by Gasteiger charge is 2.56. The van der Waals surface area contributed by atoms with Gasteiger partial charge in [0.2, 0.25) is 0 Å². The Morgan fingerprint density at radius 3 is 2.79 bits per heavy atom. The molecule has 1 aliphatic heterocycles. The summed E-state index contributed by atoms with van der Waals surface area (Å²) in [6.45, 7) is 1.70. The van der Waals surface area contributed by atoms with Crippen LogP contribution in [0.2, 0.25) is 0 Å². The van der Waals surface area contributed by atoms with Crippen LogP contribution in [0.15, 0.2) is 5.16 Å². The van der Waals surface area contributed by atoms with E-state index < -0.39 is 0 Å². The molecule has 2 atom stereocenters. The van der Waals surface area contributed by atoms with E-state index in [0.717, 1.165) is 37.7 Å². The Hall–Kier alpha value is -0.570. The zero-order valence-corrected chi connectivity index (χ0v) is 8.41. The van der Waals surface area contributed by atoms with Crippen molar-refractivity contribution in [1.29, 1.82) is 0 Å². The number of fused-ring (bicyclic) bond motifs is 3. The fourth-order valence-electron chi connectivity index (χ4n) is 3.93. The van der Waals surface area contributed by atoms with Crippen LogP contribution in [0.4, 0.5) is 0 Å². The molecule has 3 aliphatic rings. The van der Waals surface area contributed by atoms with E-state index in [1.54, 1.807) is 0 Å². The summed E-state index contributed by atoms with van der Waals surface area (Å²) in [7, 11) is 0. The van der Waals surface area contributed by atoms with Gasteiger partial charge in [-0.25, -0.2) is 0 Å². The Kier molecular flexibility index (Phi) is 1.84. The number of nitrogens with zero attached hydrogens (tertiary/aromatic N) is 1. The smallest absolute Gasteiger partial charge is 0.0667 e. The molecule has 2 aliphatic carbocycles. The molecule has 0 aromatic rings. The van der Waals surface area contributed by atoms with Gasteiger partial charge < -0.3 is 9.94 Å². The van der Waals surface area contributed by atoms with Gasteiger partial charge >= 0.3 is 0 Å². The number of rotatable bonds is 0. The van der Waals surface area contributed by atoms with E-state index in [2.05, 4.69) is 5.16 Å². The maximum atomic E-state index is 9.15. The molecule has 2 saturated carbocycles. The maximum absolute atomic E-state index is 9.15. The predicted octanol–water partition coefficient (Wildman–Crippen LogP) is 2.04. The van der Waals surface area contributed by atoms with Gasteiger partial charge in [0.15, 0.2) is 0 Å². The topological polar surface area (TPSA) is 41.8 Å². The van der Waals surface area contributed by atoms with Crippen LogP contribution in [0.5, 0.6) is 0 Å². The van der Waals surface area contributed by atoms with Gasteiger partial charge in [-0.05, 0) is 38.0 Å². The first-order chi connectivity index (χ1) is 6.87. The van der Waals surface area contributed by atoms with E-state index in [-0.39, 0.29) is 5.41 Å². The molecule has 3 fully saturated rings. The first-order valence-corrected chi connectivity index (χ1v) is 5.67. The summed E-state index contributed by atoms with van der Waals surface area (Å²) < 4.78 is 5.42. The van der Waals surface area contributed by atoms with Crippen molar-refractivity contribution in [3.8, 4) is 0 Å². The molecule has 1 spiro atoms. The number of hydrogen-bond acceptors (Lipinski definition) is 3. The largest absolute Gasteiger partial charge is 0.411 e. The molecule has 1 N–H and O–H groups in total. The molecule has 0 amide bonds. The maximum Gasteiger partial charge on any atom is 0.0667 e. The van der Waals surface area contributed by atoms with Crippen molar-refractivity contribution in [1.82, 2.24) is 0 Å². The van der Waals surface area contributed by atoms with E-state index >= 15 is 0 Å². The standard InChI is InChI=1S/C11H17NO2/c13-12-10-8-1-2-9(7-8)11(10)3-5-14-6-4-11/h8-9,13H,1-7H2/b12-10-/t8-,9+/m1/s1. The predicted molar refractivity (Wildman–Crippen MR) is 52.5 cm³/mol. The van der Waals surface area contributed by atoms with Crippen molar-refractivity contribution in [2.24, 2.45) is 22.4 Å². The van der Waals surface area contributed by atoms with Crippen LogP contribution in [0.25, 0.3) is 0 Å². The van der Waals surface area contributed by atoms with Crippen molar-refractivity contribution < 1.29 is 9.94 Å². The van der Waals surface area contributed by atoms with Gasteiger partial charge in [0.1, 0.15) is 0 Å². The molecule has 0 radical (unpaired) electrons. The van der Waals surface area contributed by atoms with Crippen molar-refractivity contribution in [3.05, 3.63) is 0 Å². The fourth-order valence-corrected chi connectivity index (χ4v) is 3.93. The summed E-state index contributed by atoms with van der Waals surface area (Å²) in [5.74, 6) is 1.37. The molecule has 3 rings (SSSR count). The zero-order chi connectivity index (χ0) is 9.60. The van der Waals surface area contributed by atoms with Crippen LogP contribution in [0, 0.1) is 17.3 Å². The monoisotopic (exact) mass is 195 g/mol. The second kappa shape index (κ2) is 2.96. The van der Waals surface area contributed by atoms with Crippen LogP contribution in [0.1, 0.15) is 32.1 Å². The second-order valence-electron chi connectivity index (χ2n) is 4.96. The molecule has 2 bridgehead atoms. The summed E-state index contributed by atoms with van der Waals surface area (Å²) >= 11 is 0. The minimum atomic E-state index is 0.232. The average molecular weight is 195 g/mol. The average Bonchev–Trinajstić information content (AvgIpc) is 2.78. The lowest BCUT2D eigenvalue weighted by molar-refractivity contribution is 0.0227. The van der Waals surface area contributed by atoms with E-state index in [1.165, 1.54) is 19.3 Å². The summed E-state index contributed by atoms with van der Waals surface area (Å²) in [4.78, 5) is 0. The van der Waals surface area contributed by atoms with Crippen molar-refractivity contribution in [3.63, 3.8) is 0 Å². The normalized spacial score (nSPS) is 42.4. The number of hydrogen-bond donors (Lipinski definition) is 1. The van der Waals surface area contributed by atoms with Gasteiger partial charge in [-0.3, -0.25) is 0 Å². The van der Waals surface area contributed by atoms with Gasteiger partial charge in [-0.1, -0.05) is 5.16 Å². The molecule has 1 heterocycles. The van der Waals surface area contributed by atoms with Crippen LogP contribution in [-0.2, 0) is 4.74 Å². The molecule has 3 heteroatoms. The first-order valence-electron chi connectivity index (χ1n) is 5.67.